The molecule has 0 saturated carbocycles. The lowest BCUT2D eigenvalue weighted by Crippen LogP contribution is -2.56. The summed E-state index contributed by atoms with van der Waals surface area (Å²) < 4.78 is 49.9. The van der Waals surface area contributed by atoms with E-state index >= 15 is 0 Å². The Morgan fingerprint density at radius 3 is 2.44 bits per heavy atom. The molecule has 2 aromatic rings. The standard InChI is InChI=1S/C16H16F3N3O3/c1-21-11(7-14(20-21)16(17,18)19)15(23)22-8-10(9-22)25-13-6-4-3-5-12(13)24-2/h3-7,10H,8-9H2,1-2H3. The maximum absolute atomic E-state index is 12.7. The summed E-state index contributed by atoms with van der Waals surface area (Å²) in [6.07, 6.45) is -4.82. The zero-order chi connectivity index (χ0) is 18.2. The number of para-hydroxylation sites is 2. The number of carbonyl (C=O) groups excluding carboxylic acids is 1. The first kappa shape index (κ1) is 17.1. The minimum Gasteiger partial charge on any atom is -0.493 e. The lowest BCUT2D eigenvalue weighted by molar-refractivity contribution is -0.141. The molecular weight excluding hydrogens is 339 g/mol. The fraction of sp³-hybridized carbons (Fsp3) is 0.375. The van der Waals surface area contributed by atoms with Gasteiger partial charge < -0.3 is 14.4 Å². The number of halogens is 3. The van der Waals surface area contributed by atoms with Crippen LogP contribution >= 0.6 is 0 Å². The molecule has 1 aliphatic rings. The third-order valence-electron chi connectivity index (χ3n) is 3.89. The van der Waals surface area contributed by atoms with E-state index in [0.717, 1.165) is 10.7 Å². The van der Waals surface area contributed by atoms with Crippen molar-refractivity contribution in [1.29, 1.82) is 0 Å². The van der Waals surface area contributed by atoms with E-state index in [0.29, 0.717) is 11.5 Å². The SMILES string of the molecule is COc1ccccc1OC1CN(C(=O)c2cc(C(F)(F)F)nn2C)C1. The van der Waals surface area contributed by atoms with Gasteiger partial charge in [0.1, 0.15) is 11.8 Å². The number of carbonyl (C=O) groups is 1. The van der Waals surface area contributed by atoms with Gasteiger partial charge in [0.15, 0.2) is 17.2 Å². The monoisotopic (exact) mass is 355 g/mol. The summed E-state index contributed by atoms with van der Waals surface area (Å²) in [4.78, 5) is 13.7. The molecule has 0 atom stereocenters. The fourth-order valence-corrected chi connectivity index (χ4v) is 2.54. The van der Waals surface area contributed by atoms with Crippen LogP contribution < -0.4 is 9.47 Å². The van der Waals surface area contributed by atoms with E-state index in [9.17, 15) is 18.0 Å². The van der Waals surface area contributed by atoms with Crippen LogP contribution in [0.15, 0.2) is 30.3 Å². The fourth-order valence-electron chi connectivity index (χ4n) is 2.54. The Hall–Kier alpha value is -2.71. The first-order valence-electron chi connectivity index (χ1n) is 7.49. The Bertz CT molecular complexity index is 782. The number of hydrogen-bond donors (Lipinski definition) is 0. The van der Waals surface area contributed by atoms with Gasteiger partial charge in [-0.25, -0.2) is 0 Å². The molecule has 0 N–H and O–H groups in total. The van der Waals surface area contributed by atoms with Gasteiger partial charge >= 0.3 is 6.18 Å². The predicted molar refractivity (Wildman–Crippen MR) is 81.5 cm³/mol. The van der Waals surface area contributed by atoms with Gasteiger partial charge in [0.05, 0.1) is 20.2 Å². The summed E-state index contributed by atoms with van der Waals surface area (Å²) in [7, 11) is 2.84. The second-order valence-electron chi connectivity index (χ2n) is 5.64. The largest absolute Gasteiger partial charge is 0.493 e. The first-order valence-corrected chi connectivity index (χ1v) is 7.49. The minimum absolute atomic E-state index is 0.108. The smallest absolute Gasteiger partial charge is 0.435 e. The van der Waals surface area contributed by atoms with Crippen molar-refractivity contribution in [3.05, 3.63) is 41.7 Å². The van der Waals surface area contributed by atoms with Crippen molar-refractivity contribution in [2.24, 2.45) is 7.05 Å². The van der Waals surface area contributed by atoms with Crippen LogP contribution in [0.5, 0.6) is 11.5 Å². The number of alkyl halides is 3. The molecule has 0 radical (unpaired) electrons. The summed E-state index contributed by atoms with van der Waals surface area (Å²) in [5, 5.41) is 3.35. The molecular formula is C16H16F3N3O3. The first-order chi connectivity index (χ1) is 11.8. The molecule has 0 bridgehead atoms. The zero-order valence-corrected chi connectivity index (χ0v) is 13.6. The molecule has 1 aromatic carbocycles. The molecule has 2 heterocycles. The van der Waals surface area contributed by atoms with Crippen molar-refractivity contribution in [3.63, 3.8) is 0 Å². The van der Waals surface area contributed by atoms with Crippen molar-refractivity contribution >= 4 is 5.91 Å². The molecule has 0 spiro atoms. The topological polar surface area (TPSA) is 56.6 Å². The van der Waals surface area contributed by atoms with E-state index < -0.39 is 17.8 Å². The molecule has 1 aliphatic heterocycles. The molecule has 25 heavy (non-hydrogen) atoms. The Kier molecular flexibility index (Phi) is 4.32. The van der Waals surface area contributed by atoms with Crippen molar-refractivity contribution < 1.29 is 27.4 Å². The van der Waals surface area contributed by atoms with E-state index in [2.05, 4.69) is 5.10 Å². The third kappa shape index (κ3) is 3.40. The van der Waals surface area contributed by atoms with Crippen LogP contribution in [-0.4, -0.2) is 46.9 Å². The Morgan fingerprint density at radius 1 is 1.24 bits per heavy atom. The zero-order valence-electron chi connectivity index (χ0n) is 13.6. The highest BCUT2D eigenvalue weighted by Gasteiger charge is 2.38. The van der Waals surface area contributed by atoms with Crippen molar-refractivity contribution in [2.45, 2.75) is 12.3 Å². The minimum atomic E-state index is -4.58. The molecule has 3 rings (SSSR count). The number of rotatable bonds is 4. The van der Waals surface area contributed by atoms with Gasteiger partial charge in [-0.05, 0) is 12.1 Å². The second kappa shape index (κ2) is 6.30. The van der Waals surface area contributed by atoms with Gasteiger partial charge in [0.2, 0.25) is 0 Å². The normalized spacial score (nSPS) is 15.0. The summed E-state index contributed by atoms with van der Waals surface area (Å²) in [6, 6.07) is 7.87. The Labute approximate surface area is 141 Å². The number of nitrogens with zero attached hydrogens (tertiary/aromatic N) is 3. The average molecular weight is 355 g/mol. The number of aryl methyl sites for hydroxylation is 1. The molecule has 1 fully saturated rings. The van der Waals surface area contributed by atoms with E-state index in [1.165, 1.54) is 19.1 Å². The number of aromatic nitrogens is 2. The number of ether oxygens (including phenoxy) is 2. The van der Waals surface area contributed by atoms with Gasteiger partial charge in [0.25, 0.3) is 5.91 Å². The van der Waals surface area contributed by atoms with Gasteiger partial charge in [-0.1, -0.05) is 12.1 Å². The van der Waals surface area contributed by atoms with Crippen LogP contribution in [0.3, 0.4) is 0 Å². The number of amides is 1. The van der Waals surface area contributed by atoms with E-state index in [1.807, 2.05) is 6.07 Å². The molecule has 134 valence electrons. The average Bonchev–Trinajstić information content (AvgIpc) is 2.92. The highest BCUT2D eigenvalue weighted by atomic mass is 19.4. The molecule has 1 saturated heterocycles. The van der Waals surface area contributed by atoms with Gasteiger partial charge in [-0.15, -0.1) is 0 Å². The number of methoxy groups -OCH3 is 1. The van der Waals surface area contributed by atoms with Gasteiger partial charge in [0, 0.05) is 13.1 Å². The molecule has 1 amide bonds. The predicted octanol–water partition coefficient (Wildman–Crippen LogP) is 2.35. The maximum Gasteiger partial charge on any atom is 0.435 e. The lowest BCUT2D eigenvalue weighted by atomic mass is 10.1. The van der Waals surface area contributed by atoms with E-state index in [-0.39, 0.29) is 24.9 Å². The van der Waals surface area contributed by atoms with Gasteiger partial charge in [-0.3, -0.25) is 9.48 Å². The van der Waals surface area contributed by atoms with Crippen molar-refractivity contribution in [3.8, 4) is 11.5 Å². The maximum atomic E-state index is 12.7. The van der Waals surface area contributed by atoms with Crippen LogP contribution in [0.2, 0.25) is 0 Å². The number of benzene rings is 1. The van der Waals surface area contributed by atoms with Crippen LogP contribution in [0, 0.1) is 0 Å². The van der Waals surface area contributed by atoms with E-state index in [4.69, 9.17) is 9.47 Å². The van der Waals surface area contributed by atoms with Crippen LogP contribution in [0.1, 0.15) is 16.2 Å². The summed E-state index contributed by atoms with van der Waals surface area (Å²) in [6.45, 7) is 0.562. The molecule has 6 nitrogen and oxygen atoms in total. The van der Waals surface area contributed by atoms with Crippen molar-refractivity contribution in [2.75, 3.05) is 20.2 Å². The van der Waals surface area contributed by atoms with Crippen LogP contribution in [-0.2, 0) is 13.2 Å². The van der Waals surface area contributed by atoms with Gasteiger partial charge in [-0.2, -0.15) is 18.3 Å². The van der Waals surface area contributed by atoms with E-state index in [1.54, 1.807) is 18.2 Å². The lowest BCUT2D eigenvalue weighted by Gasteiger charge is -2.39. The summed E-state index contributed by atoms with van der Waals surface area (Å²) in [5.41, 5.74) is -1.19. The van der Waals surface area contributed by atoms with Crippen molar-refractivity contribution in [1.82, 2.24) is 14.7 Å². The molecule has 9 heteroatoms. The quantitative estimate of drug-likeness (QED) is 0.845. The highest BCUT2D eigenvalue weighted by Crippen LogP contribution is 2.30. The number of hydrogen-bond acceptors (Lipinski definition) is 4. The number of likely N-dealkylation sites (tertiary alicyclic amines) is 1. The Balaban J connectivity index is 1.63. The molecule has 0 aliphatic carbocycles. The third-order valence-corrected chi connectivity index (χ3v) is 3.89. The second-order valence-corrected chi connectivity index (χ2v) is 5.64. The summed E-state index contributed by atoms with van der Waals surface area (Å²) >= 11 is 0. The Morgan fingerprint density at radius 2 is 1.88 bits per heavy atom. The summed E-state index contributed by atoms with van der Waals surface area (Å²) in [5.74, 6) is 0.626. The molecule has 1 aromatic heterocycles. The molecule has 0 unspecified atom stereocenters. The highest BCUT2D eigenvalue weighted by molar-refractivity contribution is 5.93. The van der Waals surface area contributed by atoms with Crippen LogP contribution in [0.4, 0.5) is 13.2 Å². The van der Waals surface area contributed by atoms with Crippen LogP contribution in [0.25, 0.3) is 0 Å².